The van der Waals surface area contributed by atoms with Gasteiger partial charge in [0.05, 0.1) is 6.61 Å². The summed E-state index contributed by atoms with van der Waals surface area (Å²) in [6.07, 6.45) is 5.16. The molecule has 2 aliphatic rings. The topological polar surface area (TPSA) is 56.8 Å². The molecule has 1 aromatic carbocycles. The maximum atomic E-state index is 12.3. The molecule has 0 spiro atoms. The Balaban J connectivity index is 1.65. The number of amides is 1. The SMILES string of the molecule is CCOCC1Cc2cc(C(=O)NC3CCCC3)ccc2OO1. The van der Waals surface area contributed by atoms with Crippen molar-refractivity contribution in [2.24, 2.45) is 0 Å². The predicted molar refractivity (Wildman–Crippen MR) is 81.9 cm³/mol. The fourth-order valence-corrected chi connectivity index (χ4v) is 3.04. The van der Waals surface area contributed by atoms with E-state index in [2.05, 4.69) is 5.32 Å². The highest BCUT2D eigenvalue weighted by atomic mass is 17.2. The first kappa shape index (κ1) is 15.3. The van der Waals surface area contributed by atoms with Gasteiger partial charge in [0.25, 0.3) is 5.91 Å². The average molecular weight is 305 g/mol. The van der Waals surface area contributed by atoms with Crippen molar-refractivity contribution in [2.45, 2.75) is 51.2 Å². The zero-order chi connectivity index (χ0) is 15.4. The molecule has 5 nitrogen and oxygen atoms in total. The van der Waals surface area contributed by atoms with Gasteiger partial charge in [0.15, 0.2) is 5.75 Å². The van der Waals surface area contributed by atoms with Gasteiger partial charge in [-0.3, -0.25) is 4.79 Å². The van der Waals surface area contributed by atoms with Crippen molar-refractivity contribution >= 4 is 5.91 Å². The third kappa shape index (κ3) is 3.59. The van der Waals surface area contributed by atoms with Crippen molar-refractivity contribution in [3.63, 3.8) is 0 Å². The molecule has 3 rings (SSSR count). The fraction of sp³-hybridized carbons (Fsp3) is 0.588. The summed E-state index contributed by atoms with van der Waals surface area (Å²) in [6, 6.07) is 5.82. The lowest BCUT2D eigenvalue weighted by Gasteiger charge is -2.24. The van der Waals surface area contributed by atoms with Crippen molar-refractivity contribution in [1.82, 2.24) is 5.32 Å². The number of carbonyl (C=O) groups is 1. The molecule has 5 heteroatoms. The van der Waals surface area contributed by atoms with Gasteiger partial charge >= 0.3 is 0 Å². The number of nitrogens with one attached hydrogen (secondary N) is 1. The molecule has 1 aromatic rings. The van der Waals surface area contributed by atoms with Crippen LogP contribution in [0.4, 0.5) is 0 Å². The van der Waals surface area contributed by atoms with Crippen molar-refractivity contribution in [3.05, 3.63) is 29.3 Å². The van der Waals surface area contributed by atoms with Gasteiger partial charge in [-0.05, 0) is 38.0 Å². The van der Waals surface area contributed by atoms with Crippen LogP contribution in [0.5, 0.6) is 5.75 Å². The van der Waals surface area contributed by atoms with E-state index in [0.717, 1.165) is 18.4 Å². The molecule has 1 saturated carbocycles. The maximum absolute atomic E-state index is 12.3. The predicted octanol–water partition coefficient (Wildman–Crippen LogP) is 2.63. The molecule has 1 unspecified atom stereocenters. The minimum atomic E-state index is -0.124. The lowest BCUT2D eigenvalue weighted by Crippen LogP contribution is -2.33. The molecule has 1 atom stereocenters. The number of hydrogen-bond acceptors (Lipinski definition) is 4. The quantitative estimate of drug-likeness (QED) is 0.850. The van der Waals surface area contributed by atoms with Gasteiger partial charge in [-0.25, -0.2) is 0 Å². The molecule has 120 valence electrons. The molecule has 0 aromatic heterocycles. The first-order valence-corrected chi connectivity index (χ1v) is 8.11. The highest BCUT2D eigenvalue weighted by Gasteiger charge is 2.24. The number of hydrogen-bond donors (Lipinski definition) is 1. The maximum Gasteiger partial charge on any atom is 0.251 e. The van der Waals surface area contributed by atoms with Crippen molar-refractivity contribution in [2.75, 3.05) is 13.2 Å². The van der Waals surface area contributed by atoms with Crippen molar-refractivity contribution in [3.8, 4) is 5.75 Å². The first-order valence-electron chi connectivity index (χ1n) is 8.11. The highest BCUT2D eigenvalue weighted by Crippen LogP contribution is 2.27. The summed E-state index contributed by atoms with van der Waals surface area (Å²) in [7, 11) is 0. The molecule has 22 heavy (non-hydrogen) atoms. The molecule has 1 aliphatic heterocycles. The summed E-state index contributed by atoms with van der Waals surface area (Å²) in [5, 5.41) is 3.11. The van der Waals surface area contributed by atoms with Gasteiger partial charge in [-0.15, -0.1) is 0 Å². The van der Waals surface area contributed by atoms with E-state index in [1.807, 2.05) is 13.0 Å². The zero-order valence-electron chi connectivity index (χ0n) is 13.0. The van der Waals surface area contributed by atoms with Crippen LogP contribution < -0.4 is 10.2 Å². The van der Waals surface area contributed by atoms with Crippen LogP contribution in [-0.4, -0.2) is 31.3 Å². The number of fused-ring (bicyclic) bond motifs is 1. The lowest BCUT2D eigenvalue weighted by molar-refractivity contribution is -0.264. The van der Waals surface area contributed by atoms with Crippen LogP contribution in [0.15, 0.2) is 18.2 Å². The van der Waals surface area contributed by atoms with Crippen molar-refractivity contribution in [1.29, 1.82) is 0 Å². The van der Waals surface area contributed by atoms with E-state index in [4.69, 9.17) is 14.5 Å². The molecule has 1 amide bonds. The van der Waals surface area contributed by atoms with E-state index >= 15 is 0 Å². The normalized spacial score (nSPS) is 21.2. The highest BCUT2D eigenvalue weighted by molar-refractivity contribution is 5.94. The molecule has 1 fully saturated rings. The van der Waals surface area contributed by atoms with Crippen LogP contribution in [0, 0.1) is 0 Å². The minimum Gasteiger partial charge on any atom is -0.379 e. The van der Waals surface area contributed by atoms with E-state index in [1.165, 1.54) is 12.8 Å². The molecule has 0 radical (unpaired) electrons. The van der Waals surface area contributed by atoms with E-state index < -0.39 is 0 Å². The summed E-state index contributed by atoms with van der Waals surface area (Å²) in [4.78, 5) is 22.9. The Hall–Kier alpha value is -1.59. The summed E-state index contributed by atoms with van der Waals surface area (Å²) >= 11 is 0. The average Bonchev–Trinajstić information content (AvgIpc) is 3.05. The Morgan fingerprint density at radius 1 is 1.36 bits per heavy atom. The van der Waals surface area contributed by atoms with Gasteiger partial charge in [0, 0.05) is 30.2 Å². The van der Waals surface area contributed by atoms with Gasteiger partial charge in [-0.2, -0.15) is 4.89 Å². The standard InChI is InChI=1S/C17H23NO4/c1-2-20-11-15-10-13-9-12(7-8-16(13)22-21-15)17(19)18-14-5-3-4-6-14/h7-9,14-15H,2-6,10-11H2,1H3,(H,18,19). The van der Waals surface area contributed by atoms with Crippen LogP contribution in [0.25, 0.3) is 0 Å². The summed E-state index contributed by atoms with van der Waals surface area (Å²) in [5.74, 6) is 0.688. The Labute approximate surface area is 130 Å². The Bertz CT molecular complexity index is 525. The van der Waals surface area contributed by atoms with E-state index in [0.29, 0.717) is 37.0 Å². The van der Waals surface area contributed by atoms with Crippen LogP contribution >= 0.6 is 0 Å². The van der Waals surface area contributed by atoms with Gasteiger partial charge in [0.2, 0.25) is 0 Å². The zero-order valence-corrected chi connectivity index (χ0v) is 13.0. The van der Waals surface area contributed by atoms with Crippen LogP contribution in [0.3, 0.4) is 0 Å². The second-order valence-electron chi connectivity index (χ2n) is 5.94. The third-order valence-corrected chi connectivity index (χ3v) is 4.24. The monoisotopic (exact) mass is 305 g/mol. The Morgan fingerprint density at radius 3 is 2.95 bits per heavy atom. The molecule has 1 heterocycles. The minimum absolute atomic E-state index is 0.00236. The summed E-state index contributed by atoms with van der Waals surface area (Å²) in [6.45, 7) is 3.09. The fourth-order valence-electron chi connectivity index (χ4n) is 3.04. The van der Waals surface area contributed by atoms with E-state index in [-0.39, 0.29) is 12.0 Å². The van der Waals surface area contributed by atoms with Crippen LogP contribution in [0.1, 0.15) is 48.5 Å². The largest absolute Gasteiger partial charge is 0.379 e. The molecule has 0 bridgehead atoms. The first-order chi connectivity index (χ1) is 10.8. The second-order valence-corrected chi connectivity index (χ2v) is 5.94. The third-order valence-electron chi connectivity index (χ3n) is 4.24. The van der Waals surface area contributed by atoms with E-state index in [1.54, 1.807) is 12.1 Å². The molecule has 1 aliphatic carbocycles. The Morgan fingerprint density at radius 2 is 2.18 bits per heavy atom. The molecular formula is C17H23NO4. The summed E-state index contributed by atoms with van der Waals surface area (Å²) in [5.41, 5.74) is 1.68. The van der Waals surface area contributed by atoms with Gasteiger partial charge < -0.3 is 14.9 Å². The van der Waals surface area contributed by atoms with Gasteiger partial charge in [-0.1, -0.05) is 12.8 Å². The molecule has 0 saturated heterocycles. The Kier molecular flexibility index (Phi) is 4.95. The number of carbonyl (C=O) groups excluding carboxylic acids is 1. The molecular weight excluding hydrogens is 282 g/mol. The summed E-state index contributed by atoms with van der Waals surface area (Å²) < 4.78 is 5.37. The van der Waals surface area contributed by atoms with Crippen LogP contribution in [-0.2, 0) is 16.0 Å². The number of rotatable bonds is 5. The van der Waals surface area contributed by atoms with Gasteiger partial charge in [0.1, 0.15) is 6.10 Å². The van der Waals surface area contributed by atoms with E-state index in [9.17, 15) is 4.79 Å². The second kappa shape index (κ2) is 7.11. The van der Waals surface area contributed by atoms with Crippen molar-refractivity contribution < 1.29 is 19.3 Å². The number of benzene rings is 1. The smallest absolute Gasteiger partial charge is 0.251 e. The molecule has 1 N–H and O–H groups in total. The number of ether oxygens (including phenoxy) is 1. The lowest BCUT2D eigenvalue weighted by atomic mass is 10.0. The van der Waals surface area contributed by atoms with Crippen LogP contribution in [0.2, 0.25) is 0 Å².